The molecule has 2 heterocycles. The number of sulfonamides is 1. The van der Waals surface area contributed by atoms with Gasteiger partial charge in [0.15, 0.2) is 0 Å². The van der Waals surface area contributed by atoms with Gasteiger partial charge in [-0.15, -0.1) is 0 Å². The number of morpholine rings is 1. The Hall–Kier alpha value is -0.670. The third-order valence-electron chi connectivity index (χ3n) is 4.76. The largest absolute Gasteiger partial charge is 0.372 e. The van der Waals surface area contributed by atoms with Gasteiger partial charge in [0.2, 0.25) is 10.0 Å². The summed E-state index contributed by atoms with van der Waals surface area (Å²) in [4.78, 5) is 0.112. The van der Waals surface area contributed by atoms with E-state index in [9.17, 15) is 12.6 Å². The molecule has 0 saturated carbocycles. The highest BCUT2D eigenvalue weighted by atomic mass is 35.5. The third-order valence-corrected chi connectivity index (χ3v) is 8.99. The fourth-order valence-corrected chi connectivity index (χ4v) is 6.87. The van der Waals surface area contributed by atoms with Gasteiger partial charge in [0, 0.05) is 34.3 Å². The summed E-state index contributed by atoms with van der Waals surface area (Å²) in [5.41, 5.74) is 0.0798. The summed E-state index contributed by atoms with van der Waals surface area (Å²) in [7, 11) is -6.26. The monoisotopic (exact) mass is 392 g/mol. The van der Waals surface area contributed by atoms with Gasteiger partial charge in [-0.3, -0.25) is 4.78 Å². The van der Waals surface area contributed by atoms with Gasteiger partial charge in [0.25, 0.3) is 0 Å². The van der Waals surface area contributed by atoms with E-state index in [0.717, 1.165) is 0 Å². The molecule has 0 amide bonds. The molecule has 0 bridgehead atoms. The maximum Gasteiger partial charge on any atom is 0.244 e. The molecule has 1 aromatic carbocycles. The number of aryl methyl sites for hydroxylation is 1. The number of benzene rings is 1. The fourth-order valence-electron chi connectivity index (χ4n) is 3.21. The summed E-state index contributed by atoms with van der Waals surface area (Å²) in [6.07, 6.45) is 0.895. The van der Waals surface area contributed by atoms with Crippen LogP contribution in [0.15, 0.2) is 23.1 Å². The second-order valence-electron chi connectivity index (χ2n) is 6.48. The minimum atomic E-state index is -3.72. The number of nitrogens with one attached hydrogen (secondary N) is 1. The molecule has 3 rings (SSSR count). The second kappa shape index (κ2) is 6.25. The normalized spacial score (nSPS) is 32.1. The number of hydrogen-bond acceptors (Lipinski definition) is 5. The van der Waals surface area contributed by atoms with Gasteiger partial charge >= 0.3 is 0 Å². The van der Waals surface area contributed by atoms with Crippen molar-refractivity contribution in [1.29, 1.82) is 4.78 Å². The first-order chi connectivity index (χ1) is 11.2. The van der Waals surface area contributed by atoms with Gasteiger partial charge in [-0.25, -0.2) is 12.6 Å². The van der Waals surface area contributed by atoms with Crippen molar-refractivity contribution in [2.75, 3.05) is 31.2 Å². The predicted octanol–water partition coefficient (Wildman–Crippen LogP) is 2.25. The van der Waals surface area contributed by atoms with Gasteiger partial charge < -0.3 is 4.74 Å². The molecular formula is C15H21ClN2O4S2. The van der Waals surface area contributed by atoms with Crippen LogP contribution in [0, 0.1) is 11.7 Å². The van der Waals surface area contributed by atoms with Crippen molar-refractivity contribution < 1.29 is 17.4 Å². The lowest BCUT2D eigenvalue weighted by atomic mass is 9.95. The molecule has 1 aromatic rings. The van der Waals surface area contributed by atoms with E-state index in [2.05, 4.69) is 0 Å². The summed E-state index contributed by atoms with van der Waals surface area (Å²) in [5.74, 6) is 0.512. The average Bonchev–Trinajstić information content (AvgIpc) is 2.53. The van der Waals surface area contributed by atoms with Gasteiger partial charge in [-0.05, 0) is 31.4 Å². The van der Waals surface area contributed by atoms with E-state index >= 15 is 0 Å². The number of rotatable bonds is 2. The van der Waals surface area contributed by atoms with Crippen molar-refractivity contribution in [2.24, 2.45) is 0 Å². The minimum Gasteiger partial charge on any atom is -0.372 e. The van der Waals surface area contributed by atoms with Crippen LogP contribution >= 0.6 is 11.6 Å². The molecule has 6 nitrogen and oxygen atoms in total. The smallest absolute Gasteiger partial charge is 0.244 e. The summed E-state index contributed by atoms with van der Waals surface area (Å²) >= 11 is 6.21. The van der Waals surface area contributed by atoms with Gasteiger partial charge in [-0.2, -0.15) is 4.31 Å². The van der Waals surface area contributed by atoms with E-state index in [1.165, 1.54) is 10.4 Å². The Kier molecular flexibility index (Phi) is 4.72. The highest BCUT2D eigenvalue weighted by Gasteiger charge is 2.44. The molecule has 2 fully saturated rings. The highest BCUT2D eigenvalue weighted by molar-refractivity contribution is 7.92. The first kappa shape index (κ1) is 18.1. The van der Waals surface area contributed by atoms with E-state index in [4.69, 9.17) is 21.1 Å². The molecule has 0 atom stereocenters. The molecule has 24 heavy (non-hydrogen) atoms. The Morgan fingerprint density at radius 1 is 1.33 bits per heavy atom. The van der Waals surface area contributed by atoms with E-state index in [-0.39, 0.29) is 34.5 Å². The lowest BCUT2D eigenvalue weighted by Gasteiger charge is -2.44. The SMILES string of the molecule is Cc1cccc(S(=O)(=O)N2CCOC3(CCS(=N)(=O)CC3)C2)c1Cl. The Morgan fingerprint density at radius 2 is 2.00 bits per heavy atom. The number of ether oxygens (including phenoxy) is 1. The predicted molar refractivity (Wildman–Crippen MR) is 93.5 cm³/mol. The van der Waals surface area contributed by atoms with E-state index in [1.54, 1.807) is 19.1 Å². The average molecular weight is 393 g/mol. The van der Waals surface area contributed by atoms with Crippen LogP contribution < -0.4 is 0 Å². The fraction of sp³-hybridized carbons (Fsp3) is 0.600. The molecule has 0 unspecified atom stereocenters. The molecule has 2 saturated heterocycles. The first-order valence-corrected chi connectivity index (χ1v) is 11.5. The van der Waals surface area contributed by atoms with Crippen LogP contribution in [0.1, 0.15) is 18.4 Å². The van der Waals surface area contributed by atoms with E-state index in [1.807, 2.05) is 0 Å². The maximum absolute atomic E-state index is 13.0. The van der Waals surface area contributed by atoms with Crippen molar-refractivity contribution in [3.8, 4) is 0 Å². The van der Waals surface area contributed by atoms with Crippen molar-refractivity contribution in [3.63, 3.8) is 0 Å². The number of nitrogens with zero attached hydrogens (tertiary/aromatic N) is 1. The zero-order valence-corrected chi connectivity index (χ0v) is 15.8. The van der Waals surface area contributed by atoms with Crippen molar-refractivity contribution in [1.82, 2.24) is 4.31 Å². The molecule has 1 spiro atoms. The van der Waals surface area contributed by atoms with Crippen LogP contribution in [-0.2, 0) is 24.5 Å². The molecule has 134 valence electrons. The maximum atomic E-state index is 13.0. The first-order valence-electron chi connectivity index (χ1n) is 7.79. The Morgan fingerprint density at radius 3 is 2.67 bits per heavy atom. The molecule has 0 radical (unpaired) electrons. The number of hydrogen-bond donors (Lipinski definition) is 1. The highest BCUT2D eigenvalue weighted by Crippen LogP contribution is 2.35. The van der Waals surface area contributed by atoms with Crippen LogP contribution in [0.25, 0.3) is 0 Å². The molecule has 2 aliphatic rings. The van der Waals surface area contributed by atoms with Crippen LogP contribution in [0.3, 0.4) is 0 Å². The summed E-state index contributed by atoms with van der Waals surface area (Å²) in [5, 5.41) is 0.246. The van der Waals surface area contributed by atoms with Crippen LogP contribution in [0.4, 0.5) is 0 Å². The van der Waals surface area contributed by atoms with Gasteiger partial charge in [0.05, 0.1) is 17.2 Å². The molecule has 2 aliphatic heterocycles. The van der Waals surface area contributed by atoms with E-state index < -0.39 is 25.4 Å². The zero-order valence-electron chi connectivity index (χ0n) is 13.5. The van der Waals surface area contributed by atoms with Crippen LogP contribution in [0.5, 0.6) is 0 Å². The molecular weight excluding hydrogens is 372 g/mol. The second-order valence-corrected chi connectivity index (χ2v) is 11.2. The Bertz CT molecular complexity index is 838. The van der Waals surface area contributed by atoms with Gasteiger partial charge in [-0.1, -0.05) is 23.7 Å². The summed E-state index contributed by atoms with van der Waals surface area (Å²) in [6, 6.07) is 4.97. The van der Waals surface area contributed by atoms with Crippen LogP contribution in [-0.4, -0.2) is 53.7 Å². The quantitative estimate of drug-likeness (QED) is 0.836. The van der Waals surface area contributed by atoms with Crippen molar-refractivity contribution in [3.05, 3.63) is 28.8 Å². The standard InChI is InChI=1S/C15H21ClN2O4S2/c1-12-3-2-4-13(14(12)16)24(20,21)18-7-8-22-15(11-18)5-9-23(17,19)10-6-15/h2-4,17H,5-11H2,1H3. The van der Waals surface area contributed by atoms with Gasteiger partial charge in [0.1, 0.15) is 4.90 Å². The summed E-state index contributed by atoms with van der Waals surface area (Å²) < 4.78 is 52.9. The molecule has 9 heteroatoms. The minimum absolute atomic E-state index is 0.112. The summed E-state index contributed by atoms with van der Waals surface area (Å²) in [6.45, 7) is 2.55. The molecule has 0 aliphatic carbocycles. The lowest BCUT2D eigenvalue weighted by Crippen LogP contribution is -2.56. The van der Waals surface area contributed by atoms with Crippen molar-refractivity contribution in [2.45, 2.75) is 30.3 Å². The zero-order chi connectivity index (χ0) is 17.6. The third kappa shape index (κ3) is 3.35. The van der Waals surface area contributed by atoms with Crippen LogP contribution in [0.2, 0.25) is 5.02 Å². The number of halogens is 1. The molecule has 1 N–H and O–H groups in total. The van der Waals surface area contributed by atoms with E-state index in [0.29, 0.717) is 25.0 Å². The Balaban J connectivity index is 1.88. The topological polar surface area (TPSA) is 87.5 Å². The van der Waals surface area contributed by atoms with Crippen molar-refractivity contribution >= 4 is 31.4 Å². The molecule has 0 aromatic heterocycles. The Labute approximate surface area is 148 Å². The lowest BCUT2D eigenvalue weighted by molar-refractivity contribution is -0.0941.